The zero-order valence-corrected chi connectivity index (χ0v) is 9.87. The lowest BCUT2D eigenvalue weighted by Gasteiger charge is -2.08. The molecule has 2 amide bonds. The molecule has 2 N–H and O–H groups in total. The molecule has 17 heavy (non-hydrogen) atoms. The summed E-state index contributed by atoms with van der Waals surface area (Å²) < 4.78 is 5.00. The van der Waals surface area contributed by atoms with Gasteiger partial charge in [-0.3, -0.25) is 9.59 Å². The summed E-state index contributed by atoms with van der Waals surface area (Å²) in [5.74, 6) is 0.275. The molecule has 0 saturated carbocycles. The average Bonchev–Trinajstić information content (AvgIpc) is 2.84. The van der Waals surface area contributed by atoms with Crippen LogP contribution in [0.25, 0.3) is 0 Å². The van der Waals surface area contributed by atoms with Crippen LogP contribution in [0.2, 0.25) is 0 Å². The van der Waals surface area contributed by atoms with Gasteiger partial charge in [-0.1, -0.05) is 5.16 Å². The molecule has 0 bridgehead atoms. The summed E-state index contributed by atoms with van der Waals surface area (Å²) in [6.07, 6.45) is 0.271. The van der Waals surface area contributed by atoms with Gasteiger partial charge < -0.3 is 15.2 Å². The average molecular weight is 237 g/mol. The summed E-state index contributed by atoms with van der Waals surface area (Å²) in [4.78, 5) is 22.7. The van der Waals surface area contributed by atoms with Crippen LogP contribution in [-0.4, -0.2) is 23.5 Å². The molecule has 2 heterocycles. The molecule has 1 unspecified atom stereocenters. The van der Waals surface area contributed by atoms with Crippen molar-refractivity contribution in [2.75, 3.05) is 6.54 Å². The lowest BCUT2D eigenvalue weighted by Crippen LogP contribution is -2.31. The second kappa shape index (κ2) is 4.57. The monoisotopic (exact) mass is 237 g/mol. The van der Waals surface area contributed by atoms with Gasteiger partial charge in [0.15, 0.2) is 0 Å². The van der Waals surface area contributed by atoms with Crippen molar-refractivity contribution in [1.29, 1.82) is 0 Å². The first-order chi connectivity index (χ1) is 8.08. The normalized spacial score (nSPS) is 19.2. The minimum absolute atomic E-state index is 0.0671. The first-order valence-electron chi connectivity index (χ1n) is 5.54. The maximum atomic E-state index is 11.8. The summed E-state index contributed by atoms with van der Waals surface area (Å²) in [5, 5.41) is 9.24. The molecule has 1 aromatic rings. The summed E-state index contributed by atoms with van der Waals surface area (Å²) >= 11 is 0. The predicted octanol–water partition coefficient (Wildman–Crippen LogP) is 0.0437. The second-order valence-corrected chi connectivity index (χ2v) is 4.23. The van der Waals surface area contributed by atoms with Crippen molar-refractivity contribution in [3.05, 3.63) is 17.0 Å². The molecule has 0 aromatic carbocycles. The van der Waals surface area contributed by atoms with Crippen LogP contribution in [0, 0.1) is 19.8 Å². The Morgan fingerprint density at radius 3 is 2.88 bits per heavy atom. The standard InChI is InChI=1S/C11H15N3O3/c1-6-9(7(2)17-14-6)5-13-11(16)8-3-10(15)12-4-8/h8H,3-5H2,1-2H3,(H,12,15)(H,13,16). The van der Waals surface area contributed by atoms with E-state index in [2.05, 4.69) is 15.8 Å². The van der Waals surface area contributed by atoms with Crippen molar-refractivity contribution in [2.24, 2.45) is 5.92 Å². The van der Waals surface area contributed by atoms with Gasteiger partial charge in [0.1, 0.15) is 5.76 Å². The Morgan fingerprint density at radius 1 is 1.59 bits per heavy atom. The van der Waals surface area contributed by atoms with E-state index >= 15 is 0 Å². The van der Waals surface area contributed by atoms with Crippen LogP contribution in [0.3, 0.4) is 0 Å². The SMILES string of the molecule is Cc1noc(C)c1CNC(=O)C1CNC(=O)C1. The third-order valence-corrected chi connectivity index (χ3v) is 2.97. The van der Waals surface area contributed by atoms with E-state index in [1.165, 1.54) is 0 Å². The van der Waals surface area contributed by atoms with Crippen molar-refractivity contribution in [1.82, 2.24) is 15.8 Å². The van der Waals surface area contributed by atoms with Gasteiger partial charge in [0, 0.05) is 25.1 Å². The molecule has 1 saturated heterocycles. The number of rotatable bonds is 3. The third kappa shape index (κ3) is 2.46. The van der Waals surface area contributed by atoms with Gasteiger partial charge in [-0.25, -0.2) is 0 Å². The maximum Gasteiger partial charge on any atom is 0.225 e. The number of amides is 2. The largest absolute Gasteiger partial charge is 0.361 e. The van der Waals surface area contributed by atoms with Gasteiger partial charge in [0.2, 0.25) is 11.8 Å². The smallest absolute Gasteiger partial charge is 0.225 e. The molecule has 0 spiro atoms. The number of carbonyl (C=O) groups is 2. The highest BCUT2D eigenvalue weighted by Crippen LogP contribution is 2.13. The van der Waals surface area contributed by atoms with Gasteiger partial charge in [0.05, 0.1) is 11.6 Å². The van der Waals surface area contributed by atoms with Crippen LogP contribution >= 0.6 is 0 Å². The van der Waals surface area contributed by atoms with E-state index in [9.17, 15) is 9.59 Å². The number of aromatic nitrogens is 1. The summed E-state index contributed by atoms with van der Waals surface area (Å²) in [6, 6.07) is 0. The quantitative estimate of drug-likeness (QED) is 0.777. The molecular weight excluding hydrogens is 222 g/mol. The van der Waals surface area contributed by atoms with Crippen LogP contribution in [0.5, 0.6) is 0 Å². The molecule has 6 nitrogen and oxygen atoms in total. The molecule has 6 heteroatoms. The zero-order valence-electron chi connectivity index (χ0n) is 9.87. The van der Waals surface area contributed by atoms with E-state index < -0.39 is 0 Å². The number of nitrogens with zero attached hydrogens (tertiary/aromatic N) is 1. The number of aryl methyl sites for hydroxylation is 2. The van der Waals surface area contributed by atoms with Crippen LogP contribution in [-0.2, 0) is 16.1 Å². The topological polar surface area (TPSA) is 84.2 Å². The van der Waals surface area contributed by atoms with Crippen molar-refractivity contribution < 1.29 is 14.1 Å². The van der Waals surface area contributed by atoms with Crippen LogP contribution in [0.1, 0.15) is 23.4 Å². The van der Waals surface area contributed by atoms with Crippen LogP contribution in [0.15, 0.2) is 4.52 Å². The fraction of sp³-hybridized carbons (Fsp3) is 0.545. The van der Waals surface area contributed by atoms with Crippen LogP contribution < -0.4 is 10.6 Å². The van der Waals surface area contributed by atoms with Crippen molar-refractivity contribution in [3.63, 3.8) is 0 Å². The first kappa shape index (κ1) is 11.6. The molecule has 0 aliphatic carbocycles. The number of hydrogen-bond acceptors (Lipinski definition) is 4. The van der Waals surface area contributed by atoms with E-state index in [0.29, 0.717) is 18.8 Å². The minimum atomic E-state index is -0.261. The van der Waals surface area contributed by atoms with Gasteiger partial charge >= 0.3 is 0 Å². The van der Waals surface area contributed by atoms with Crippen molar-refractivity contribution >= 4 is 11.8 Å². The highest BCUT2D eigenvalue weighted by molar-refractivity contribution is 5.89. The Kier molecular flexibility index (Phi) is 3.12. The molecule has 1 aromatic heterocycles. The van der Waals surface area contributed by atoms with Gasteiger partial charge in [-0.15, -0.1) is 0 Å². The molecule has 1 atom stereocenters. The molecule has 0 radical (unpaired) electrons. The highest BCUT2D eigenvalue weighted by atomic mass is 16.5. The predicted molar refractivity (Wildman–Crippen MR) is 58.9 cm³/mol. The fourth-order valence-corrected chi connectivity index (χ4v) is 1.86. The number of nitrogens with one attached hydrogen (secondary N) is 2. The number of hydrogen-bond donors (Lipinski definition) is 2. The molecule has 2 rings (SSSR count). The van der Waals surface area contributed by atoms with Crippen molar-refractivity contribution in [2.45, 2.75) is 26.8 Å². The molecule has 1 aliphatic heterocycles. The van der Waals surface area contributed by atoms with E-state index in [1.807, 2.05) is 13.8 Å². The van der Waals surface area contributed by atoms with Gasteiger partial charge in [-0.2, -0.15) is 0 Å². The Labute approximate surface area is 98.7 Å². The molecule has 92 valence electrons. The van der Waals surface area contributed by atoms with E-state index in [4.69, 9.17) is 4.52 Å². The summed E-state index contributed by atoms with van der Waals surface area (Å²) in [6.45, 7) is 4.46. The highest BCUT2D eigenvalue weighted by Gasteiger charge is 2.27. The number of carbonyl (C=O) groups excluding carboxylic acids is 2. The van der Waals surface area contributed by atoms with Crippen LogP contribution in [0.4, 0.5) is 0 Å². The molecule has 1 fully saturated rings. The van der Waals surface area contributed by atoms with Crippen molar-refractivity contribution in [3.8, 4) is 0 Å². The minimum Gasteiger partial charge on any atom is -0.361 e. The summed E-state index contributed by atoms with van der Waals surface area (Å²) in [5.41, 5.74) is 1.68. The Hall–Kier alpha value is -1.85. The van der Waals surface area contributed by atoms with Gasteiger partial charge in [0.25, 0.3) is 0 Å². The second-order valence-electron chi connectivity index (χ2n) is 4.23. The molecule has 1 aliphatic rings. The summed E-state index contributed by atoms with van der Waals surface area (Å²) in [7, 11) is 0. The third-order valence-electron chi connectivity index (χ3n) is 2.97. The maximum absolute atomic E-state index is 11.8. The first-order valence-corrected chi connectivity index (χ1v) is 5.54. The van der Waals surface area contributed by atoms with Gasteiger partial charge in [-0.05, 0) is 13.8 Å². The zero-order chi connectivity index (χ0) is 12.4. The lowest BCUT2D eigenvalue weighted by atomic mass is 10.1. The van der Waals surface area contributed by atoms with E-state index in [0.717, 1.165) is 11.3 Å². The van der Waals surface area contributed by atoms with E-state index in [-0.39, 0.29) is 24.2 Å². The fourth-order valence-electron chi connectivity index (χ4n) is 1.86. The van der Waals surface area contributed by atoms with E-state index in [1.54, 1.807) is 0 Å². The Morgan fingerprint density at radius 2 is 2.35 bits per heavy atom. The Balaban J connectivity index is 1.90. The molecular formula is C11H15N3O3. The lowest BCUT2D eigenvalue weighted by molar-refractivity contribution is -0.126. The Bertz CT molecular complexity index is 433.